The molecule has 0 aromatic rings. The number of nitrogens with zero attached hydrogens (tertiary/aromatic N) is 1. The molecule has 0 heterocycles. The van der Waals surface area contributed by atoms with Gasteiger partial charge in [0, 0.05) is 12.3 Å². The number of hydrogen-bond donors (Lipinski definition) is 2. The third-order valence-corrected chi connectivity index (χ3v) is 4.11. The van der Waals surface area contributed by atoms with Gasteiger partial charge in [-0.2, -0.15) is 0 Å². The normalized spacial score (nSPS) is 21.4. The first-order valence-corrected chi connectivity index (χ1v) is 9.28. The molecule has 0 saturated heterocycles. The van der Waals surface area contributed by atoms with Gasteiger partial charge in [-0.25, -0.2) is 0 Å². The van der Waals surface area contributed by atoms with E-state index in [1.165, 1.54) is 7.11 Å². The zero-order valence-electron chi connectivity index (χ0n) is 15.8. The molecule has 0 spiro atoms. The summed E-state index contributed by atoms with van der Waals surface area (Å²) in [7, 11) is 1.53. The van der Waals surface area contributed by atoms with Gasteiger partial charge in [0.1, 0.15) is 12.8 Å². The fraction of sp³-hybridized carbons (Fsp3) is 0.524. The molecule has 144 valence electrons. The maximum Gasteiger partial charge on any atom is 0.303 e. The van der Waals surface area contributed by atoms with Gasteiger partial charge in [0.15, 0.2) is 0 Å². The van der Waals surface area contributed by atoms with Gasteiger partial charge in [-0.3, -0.25) is 4.79 Å². The molecule has 0 amide bonds. The first kappa shape index (κ1) is 21.9. The number of aliphatic carboxylic acids is 1. The highest BCUT2D eigenvalue weighted by molar-refractivity contribution is 6.11. The first-order chi connectivity index (χ1) is 12.6. The minimum absolute atomic E-state index is 0.202. The van der Waals surface area contributed by atoms with Gasteiger partial charge in [-0.05, 0) is 50.2 Å². The van der Waals surface area contributed by atoms with Crippen LogP contribution in [0.3, 0.4) is 0 Å². The van der Waals surface area contributed by atoms with Gasteiger partial charge in [0.25, 0.3) is 0 Å². The van der Waals surface area contributed by atoms with Crippen molar-refractivity contribution in [3.05, 3.63) is 48.1 Å². The lowest BCUT2D eigenvalue weighted by molar-refractivity contribution is -0.137. The van der Waals surface area contributed by atoms with Crippen LogP contribution >= 0.6 is 0 Å². The molecule has 0 saturated carbocycles. The van der Waals surface area contributed by atoms with E-state index in [0.717, 1.165) is 30.5 Å². The van der Waals surface area contributed by atoms with Crippen molar-refractivity contribution in [2.75, 3.05) is 7.11 Å². The molecule has 1 aliphatic carbocycles. The fourth-order valence-corrected chi connectivity index (χ4v) is 2.75. The van der Waals surface area contributed by atoms with Gasteiger partial charge >= 0.3 is 5.97 Å². The van der Waals surface area contributed by atoms with Gasteiger partial charge < -0.3 is 15.1 Å². The molecule has 0 radical (unpaired) electrons. The quantitative estimate of drug-likeness (QED) is 0.306. The monoisotopic (exact) mass is 361 g/mol. The highest BCUT2D eigenvalue weighted by Gasteiger charge is 2.21. The molecule has 5 heteroatoms. The summed E-state index contributed by atoms with van der Waals surface area (Å²) in [6.45, 7) is 2.07. The largest absolute Gasteiger partial charge is 0.481 e. The standard InChI is InChI=1S/C21H31NO4/c1-3-4-7-11-18(23)14-15-19-17(13-16-20(19)22-26-2)10-8-5-6-9-12-21(24)25/h4-5,7-8,13,15-18,23H,3,6,9-12,14H2,1-2H3,(H,24,25)/b7-4-,8-5-,19-15+,22-20-. The molecule has 1 aliphatic rings. The van der Waals surface area contributed by atoms with E-state index in [0.29, 0.717) is 19.3 Å². The Labute approximate surface area is 156 Å². The molecule has 0 bridgehead atoms. The van der Waals surface area contributed by atoms with Crippen LogP contribution in [-0.4, -0.2) is 35.1 Å². The number of unbranched alkanes of at least 4 members (excludes halogenated alkanes) is 1. The number of carbonyl (C=O) groups is 1. The van der Waals surface area contributed by atoms with Crippen LogP contribution in [0, 0.1) is 5.92 Å². The number of carboxylic acids is 1. The first-order valence-electron chi connectivity index (χ1n) is 9.28. The molecule has 5 nitrogen and oxygen atoms in total. The van der Waals surface area contributed by atoms with Crippen LogP contribution in [0.25, 0.3) is 0 Å². The highest BCUT2D eigenvalue weighted by Crippen LogP contribution is 2.27. The van der Waals surface area contributed by atoms with Gasteiger partial charge in [-0.1, -0.05) is 48.5 Å². The number of rotatable bonds is 12. The summed E-state index contributed by atoms with van der Waals surface area (Å²) in [5.74, 6) is -0.548. The second-order valence-corrected chi connectivity index (χ2v) is 6.28. The maximum atomic E-state index is 10.5. The average molecular weight is 361 g/mol. The molecule has 2 unspecified atom stereocenters. The number of aliphatic hydroxyl groups is 1. The summed E-state index contributed by atoms with van der Waals surface area (Å²) >= 11 is 0. The van der Waals surface area contributed by atoms with Crippen LogP contribution in [0.4, 0.5) is 0 Å². The summed E-state index contributed by atoms with van der Waals surface area (Å²) in [6.07, 6.45) is 18.5. The SMILES string of the molecule is CC/C=C\CC(O)C/C=C1/C(=N\OC)C=CC1C/C=C\CCCC(=O)O. The van der Waals surface area contributed by atoms with E-state index in [-0.39, 0.29) is 12.3 Å². The smallest absolute Gasteiger partial charge is 0.303 e. The van der Waals surface area contributed by atoms with Crippen molar-refractivity contribution in [3.63, 3.8) is 0 Å². The van der Waals surface area contributed by atoms with Crippen LogP contribution in [0.15, 0.2) is 53.3 Å². The molecule has 0 fully saturated rings. The number of hydrogen-bond acceptors (Lipinski definition) is 4. The van der Waals surface area contributed by atoms with E-state index < -0.39 is 12.1 Å². The lowest BCUT2D eigenvalue weighted by Gasteiger charge is -2.11. The van der Waals surface area contributed by atoms with E-state index in [1.54, 1.807) is 0 Å². The van der Waals surface area contributed by atoms with Crippen LogP contribution < -0.4 is 0 Å². The van der Waals surface area contributed by atoms with Crippen LogP contribution in [-0.2, 0) is 9.63 Å². The molecule has 2 N–H and O–H groups in total. The summed E-state index contributed by atoms with van der Waals surface area (Å²) in [6, 6.07) is 0. The molecule has 0 aliphatic heterocycles. The number of aliphatic hydroxyl groups excluding tert-OH is 1. The Hall–Kier alpha value is -2.14. The Morgan fingerprint density at radius 1 is 1.31 bits per heavy atom. The number of allylic oxidation sites excluding steroid dienone is 6. The third kappa shape index (κ3) is 8.81. The van der Waals surface area contributed by atoms with Crippen molar-refractivity contribution in [1.29, 1.82) is 0 Å². The molecular weight excluding hydrogens is 330 g/mol. The van der Waals surface area contributed by atoms with E-state index in [1.807, 2.05) is 24.3 Å². The Morgan fingerprint density at radius 2 is 2.12 bits per heavy atom. The van der Waals surface area contributed by atoms with Crippen molar-refractivity contribution in [2.45, 2.75) is 58.0 Å². The van der Waals surface area contributed by atoms with Crippen molar-refractivity contribution < 1.29 is 19.8 Å². The minimum Gasteiger partial charge on any atom is -0.481 e. The molecular formula is C21H31NO4. The van der Waals surface area contributed by atoms with E-state index in [9.17, 15) is 9.90 Å². The van der Waals surface area contributed by atoms with Crippen LogP contribution in [0.5, 0.6) is 0 Å². The van der Waals surface area contributed by atoms with Gasteiger partial charge in [0.2, 0.25) is 0 Å². The highest BCUT2D eigenvalue weighted by atomic mass is 16.6. The average Bonchev–Trinajstić information content (AvgIpc) is 2.98. The Balaban J connectivity index is 2.60. The van der Waals surface area contributed by atoms with Gasteiger partial charge in [0.05, 0.1) is 6.10 Å². The second-order valence-electron chi connectivity index (χ2n) is 6.28. The lowest BCUT2D eigenvalue weighted by atomic mass is 9.95. The van der Waals surface area contributed by atoms with Crippen molar-refractivity contribution in [1.82, 2.24) is 0 Å². The Bertz CT molecular complexity index is 573. The predicted molar refractivity (Wildman–Crippen MR) is 105 cm³/mol. The van der Waals surface area contributed by atoms with E-state index >= 15 is 0 Å². The molecule has 26 heavy (non-hydrogen) atoms. The summed E-state index contributed by atoms with van der Waals surface area (Å²) in [5.41, 5.74) is 1.87. The fourth-order valence-electron chi connectivity index (χ4n) is 2.75. The molecule has 1 rings (SSSR count). The number of carboxylic acid groups (broad SMARTS) is 1. The number of oxime groups is 1. The van der Waals surface area contributed by atoms with E-state index in [4.69, 9.17) is 9.94 Å². The van der Waals surface area contributed by atoms with Crippen molar-refractivity contribution >= 4 is 11.7 Å². The minimum atomic E-state index is -0.755. The van der Waals surface area contributed by atoms with Crippen molar-refractivity contribution in [2.24, 2.45) is 11.1 Å². The van der Waals surface area contributed by atoms with Crippen LogP contribution in [0.2, 0.25) is 0 Å². The summed E-state index contributed by atoms with van der Waals surface area (Å²) in [5, 5.41) is 22.8. The predicted octanol–water partition coefficient (Wildman–Crippen LogP) is 4.41. The maximum absolute atomic E-state index is 10.5. The zero-order chi connectivity index (χ0) is 19.2. The molecule has 0 aromatic heterocycles. The van der Waals surface area contributed by atoms with Crippen LogP contribution in [0.1, 0.15) is 51.9 Å². The Morgan fingerprint density at radius 3 is 2.81 bits per heavy atom. The zero-order valence-corrected chi connectivity index (χ0v) is 15.8. The summed E-state index contributed by atoms with van der Waals surface area (Å²) in [4.78, 5) is 15.4. The topological polar surface area (TPSA) is 79.1 Å². The second kappa shape index (κ2) is 13.1. The van der Waals surface area contributed by atoms with E-state index in [2.05, 4.69) is 30.3 Å². The van der Waals surface area contributed by atoms with Crippen molar-refractivity contribution in [3.8, 4) is 0 Å². The third-order valence-electron chi connectivity index (χ3n) is 4.11. The molecule has 0 aromatic carbocycles. The molecule has 2 atom stereocenters. The Kier molecular flexibility index (Phi) is 11.0. The summed E-state index contributed by atoms with van der Waals surface area (Å²) < 4.78 is 0. The van der Waals surface area contributed by atoms with Gasteiger partial charge in [-0.15, -0.1) is 0 Å². The lowest BCUT2D eigenvalue weighted by Crippen LogP contribution is -2.07.